The van der Waals surface area contributed by atoms with E-state index in [1.807, 2.05) is 13.8 Å². The van der Waals surface area contributed by atoms with Gasteiger partial charge in [-0.05, 0) is 34.1 Å². The van der Waals surface area contributed by atoms with E-state index in [9.17, 15) is 4.79 Å². The van der Waals surface area contributed by atoms with Crippen molar-refractivity contribution < 1.29 is 19.3 Å². The van der Waals surface area contributed by atoms with Gasteiger partial charge in [0.25, 0.3) is 0 Å². The molecule has 0 aliphatic carbocycles. The molecule has 0 spiro atoms. The van der Waals surface area contributed by atoms with Crippen LogP contribution in [-0.4, -0.2) is 17.9 Å². The average molecular weight is 216 g/mol. The van der Waals surface area contributed by atoms with Gasteiger partial charge in [-0.15, -0.1) is 0 Å². The van der Waals surface area contributed by atoms with Crippen molar-refractivity contribution in [1.82, 2.24) is 0 Å². The van der Waals surface area contributed by atoms with Crippen LogP contribution in [0.2, 0.25) is 0 Å². The maximum atomic E-state index is 11.9. The van der Waals surface area contributed by atoms with Gasteiger partial charge in [0.1, 0.15) is 11.0 Å². The summed E-state index contributed by atoms with van der Waals surface area (Å²) in [7, 11) is 0. The van der Waals surface area contributed by atoms with E-state index in [1.54, 1.807) is 13.8 Å². The Balaban J connectivity index is 2.54. The zero-order valence-corrected chi connectivity index (χ0v) is 10.1. The van der Waals surface area contributed by atoms with Crippen LogP contribution in [0.15, 0.2) is 0 Å². The maximum Gasteiger partial charge on any atom is 0.317 e. The molecule has 4 nitrogen and oxygen atoms in total. The van der Waals surface area contributed by atoms with Crippen molar-refractivity contribution in [3.05, 3.63) is 0 Å². The Morgan fingerprint density at radius 1 is 1.27 bits per heavy atom. The molecule has 0 saturated carbocycles. The molecular weight excluding hydrogens is 196 g/mol. The molecule has 0 atom stereocenters. The van der Waals surface area contributed by atoms with Gasteiger partial charge in [-0.2, -0.15) is 9.78 Å². The van der Waals surface area contributed by atoms with Gasteiger partial charge in [-0.25, -0.2) is 0 Å². The highest BCUT2D eigenvalue weighted by molar-refractivity contribution is 5.77. The summed E-state index contributed by atoms with van der Waals surface area (Å²) in [5.41, 5.74) is -1.15. The van der Waals surface area contributed by atoms with E-state index >= 15 is 0 Å². The first-order valence-electron chi connectivity index (χ1n) is 5.35. The molecule has 0 unspecified atom stereocenters. The van der Waals surface area contributed by atoms with Crippen molar-refractivity contribution in [1.29, 1.82) is 0 Å². The summed E-state index contributed by atoms with van der Waals surface area (Å²) < 4.78 is 5.45. The lowest BCUT2D eigenvalue weighted by Gasteiger charge is -2.29. The summed E-state index contributed by atoms with van der Waals surface area (Å²) in [6.45, 7) is 9.41. The molecule has 15 heavy (non-hydrogen) atoms. The van der Waals surface area contributed by atoms with Crippen molar-refractivity contribution >= 4 is 5.97 Å². The zero-order chi connectivity index (χ0) is 11.7. The van der Waals surface area contributed by atoms with E-state index in [2.05, 4.69) is 16.7 Å². The van der Waals surface area contributed by atoms with E-state index in [0.29, 0.717) is 0 Å². The molecule has 1 fully saturated rings. The van der Waals surface area contributed by atoms with Crippen LogP contribution in [0.1, 0.15) is 47.5 Å². The van der Waals surface area contributed by atoms with Crippen LogP contribution < -0.4 is 0 Å². The van der Waals surface area contributed by atoms with Crippen molar-refractivity contribution in [2.45, 2.75) is 59.4 Å². The molecule has 1 aliphatic rings. The predicted octanol–water partition coefficient (Wildman–Crippen LogP) is 2.42. The van der Waals surface area contributed by atoms with Crippen LogP contribution in [0.3, 0.4) is 0 Å². The number of rotatable bonds is 5. The molecule has 0 radical (unpaired) electrons. The second-order valence-corrected chi connectivity index (χ2v) is 5.15. The fourth-order valence-corrected chi connectivity index (χ4v) is 1.40. The minimum absolute atomic E-state index is 0.275. The number of ether oxygens (including phenoxy) is 1. The summed E-state index contributed by atoms with van der Waals surface area (Å²) in [6, 6.07) is 0. The van der Waals surface area contributed by atoms with Crippen molar-refractivity contribution in [3.63, 3.8) is 0 Å². The quantitative estimate of drug-likeness (QED) is 0.402. The minimum Gasteiger partial charge on any atom is -0.459 e. The van der Waals surface area contributed by atoms with Crippen LogP contribution >= 0.6 is 0 Å². The lowest BCUT2D eigenvalue weighted by Crippen LogP contribution is -2.38. The average Bonchev–Trinajstić information content (AvgIpc) is 2.84. The Hall–Kier alpha value is -0.610. The van der Waals surface area contributed by atoms with Crippen molar-refractivity contribution in [3.8, 4) is 0 Å². The van der Waals surface area contributed by atoms with Gasteiger partial charge in [-0.1, -0.05) is 13.3 Å². The van der Waals surface area contributed by atoms with Crippen molar-refractivity contribution in [2.24, 2.45) is 5.41 Å². The van der Waals surface area contributed by atoms with Crippen LogP contribution in [0.4, 0.5) is 0 Å². The van der Waals surface area contributed by atoms with E-state index in [4.69, 9.17) is 4.74 Å². The SMILES string of the molecule is CCCC(C)(C)OC(=O)C(C)(C)C1OO1. The fourth-order valence-electron chi connectivity index (χ4n) is 1.40. The van der Waals surface area contributed by atoms with Gasteiger partial charge in [-0.3, -0.25) is 4.79 Å². The minimum atomic E-state index is -0.731. The van der Waals surface area contributed by atoms with Crippen LogP contribution in [0.25, 0.3) is 0 Å². The van der Waals surface area contributed by atoms with E-state index in [0.717, 1.165) is 12.8 Å². The Bertz CT molecular complexity index is 241. The topological polar surface area (TPSA) is 51.4 Å². The Kier molecular flexibility index (Phi) is 3.41. The second-order valence-electron chi connectivity index (χ2n) is 5.15. The molecule has 4 heteroatoms. The van der Waals surface area contributed by atoms with Gasteiger partial charge < -0.3 is 4.74 Å². The fraction of sp³-hybridized carbons (Fsp3) is 0.909. The first-order valence-corrected chi connectivity index (χ1v) is 5.35. The number of carbonyl (C=O) groups is 1. The van der Waals surface area contributed by atoms with Crippen LogP contribution in [0.5, 0.6) is 0 Å². The molecule has 1 rings (SSSR count). The largest absolute Gasteiger partial charge is 0.459 e. The first-order chi connectivity index (χ1) is 6.79. The lowest BCUT2D eigenvalue weighted by atomic mass is 9.93. The maximum absolute atomic E-state index is 11.9. The number of esters is 1. The molecule has 88 valence electrons. The number of carbonyl (C=O) groups excluding carboxylic acids is 1. The Labute approximate surface area is 90.8 Å². The molecule has 1 aliphatic heterocycles. The van der Waals surface area contributed by atoms with E-state index < -0.39 is 17.3 Å². The van der Waals surface area contributed by atoms with E-state index in [-0.39, 0.29) is 5.97 Å². The molecule has 1 heterocycles. The number of hydrogen-bond acceptors (Lipinski definition) is 4. The highest BCUT2D eigenvalue weighted by atomic mass is 17.4. The molecule has 1 saturated heterocycles. The molecular formula is C11H20O4. The van der Waals surface area contributed by atoms with Crippen LogP contribution in [-0.2, 0) is 19.3 Å². The van der Waals surface area contributed by atoms with Crippen LogP contribution in [0, 0.1) is 5.41 Å². The molecule has 0 aromatic heterocycles. The monoisotopic (exact) mass is 216 g/mol. The predicted molar refractivity (Wildman–Crippen MR) is 54.8 cm³/mol. The van der Waals surface area contributed by atoms with E-state index in [1.165, 1.54) is 0 Å². The molecule has 0 aromatic carbocycles. The lowest BCUT2D eigenvalue weighted by molar-refractivity contribution is -0.169. The van der Waals surface area contributed by atoms with Gasteiger partial charge in [0.15, 0.2) is 0 Å². The summed E-state index contributed by atoms with van der Waals surface area (Å²) in [5.74, 6) is -0.275. The third-order valence-electron chi connectivity index (χ3n) is 2.53. The highest BCUT2D eigenvalue weighted by Gasteiger charge is 2.50. The summed E-state index contributed by atoms with van der Waals surface area (Å²) >= 11 is 0. The standard InChI is InChI=1S/C11H20O4/c1-6-7-10(2,3)13-8(12)11(4,5)9-14-15-9/h9H,6-7H2,1-5H3. The zero-order valence-electron chi connectivity index (χ0n) is 10.1. The first kappa shape index (κ1) is 12.5. The van der Waals surface area contributed by atoms with Gasteiger partial charge in [0.05, 0.1) is 0 Å². The molecule has 0 bridgehead atoms. The van der Waals surface area contributed by atoms with Gasteiger partial charge >= 0.3 is 5.97 Å². The normalized spacial score (nSPS) is 17.7. The highest BCUT2D eigenvalue weighted by Crippen LogP contribution is 2.36. The third kappa shape index (κ3) is 3.18. The number of hydrogen-bond donors (Lipinski definition) is 0. The summed E-state index contributed by atoms with van der Waals surface area (Å²) in [6.07, 6.45) is 1.38. The summed E-state index contributed by atoms with van der Waals surface area (Å²) in [4.78, 5) is 21.2. The Morgan fingerprint density at radius 3 is 2.20 bits per heavy atom. The third-order valence-corrected chi connectivity index (χ3v) is 2.53. The molecule has 0 N–H and O–H groups in total. The second kappa shape index (κ2) is 4.10. The molecule has 0 amide bonds. The van der Waals surface area contributed by atoms with Crippen molar-refractivity contribution in [2.75, 3.05) is 0 Å². The molecule has 0 aromatic rings. The van der Waals surface area contributed by atoms with Gasteiger partial charge in [0.2, 0.25) is 6.29 Å². The van der Waals surface area contributed by atoms with Gasteiger partial charge in [0, 0.05) is 0 Å². The smallest absolute Gasteiger partial charge is 0.317 e. The summed E-state index contributed by atoms with van der Waals surface area (Å²) in [5, 5.41) is 0. The Morgan fingerprint density at radius 2 is 1.80 bits per heavy atom.